The van der Waals surface area contributed by atoms with Crippen molar-refractivity contribution in [2.45, 2.75) is 33.2 Å². The van der Waals surface area contributed by atoms with Gasteiger partial charge >= 0.3 is 5.97 Å². The number of carbonyl (C=O) groups is 2. The van der Waals surface area contributed by atoms with Crippen LogP contribution >= 0.6 is 11.3 Å². The minimum absolute atomic E-state index is 0.154. The van der Waals surface area contributed by atoms with Gasteiger partial charge in [-0.1, -0.05) is 0 Å². The maximum atomic E-state index is 11.8. The first kappa shape index (κ1) is 13.0. The molecule has 1 aliphatic carbocycles. The monoisotopic (exact) mass is 268 g/mol. The van der Waals surface area contributed by atoms with Crippen molar-refractivity contribution >= 4 is 23.2 Å². The maximum absolute atomic E-state index is 11.8. The molecule has 1 saturated carbocycles. The highest BCUT2D eigenvalue weighted by Crippen LogP contribution is 2.34. The highest BCUT2D eigenvalue weighted by molar-refractivity contribution is 7.11. The summed E-state index contributed by atoms with van der Waals surface area (Å²) in [6, 6.07) is 0. The standard InChI is InChI=1S/C12H16N2O3S/c1-6-10(18-7(2)14-6)5-13-11(15)8-3-4-9(8)12(16)17/h8-9H,3-5H2,1-2H3,(H,13,15)(H,16,17). The van der Waals surface area contributed by atoms with Crippen molar-refractivity contribution in [2.24, 2.45) is 11.8 Å². The highest BCUT2D eigenvalue weighted by Gasteiger charge is 2.41. The van der Waals surface area contributed by atoms with E-state index in [1.54, 1.807) is 11.3 Å². The van der Waals surface area contributed by atoms with Crippen molar-refractivity contribution in [3.8, 4) is 0 Å². The Balaban J connectivity index is 1.89. The third-order valence-electron chi connectivity index (χ3n) is 3.35. The lowest BCUT2D eigenvalue weighted by molar-refractivity contribution is -0.152. The van der Waals surface area contributed by atoms with Crippen molar-refractivity contribution in [3.05, 3.63) is 15.6 Å². The van der Waals surface area contributed by atoms with Gasteiger partial charge < -0.3 is 10.4 Å². The van der Waals surface area contributed by atoms with Gasteiger partial charge in [-0.2, -0.15) is 0 Å². The van der Waals surface area contributed by atoms with E-state index in [0.29, 0.717) is 19.4 Å². The number of hydrogen-bond acceptors (Lipinski definition) is 4. The number of nitrogens with zero attached hydrogens (tertiary/aromatic N) is 1. The van der Waals surface area contributed by atoms with Gasteiger partial charge in [0.05, 0.1) is 29.1 Å². The van der Waals surface area contributed by atoms with Crippen molar-refractivity contribution < 1.29 is 14.7 Å². The zero-order valence-electron chi connectivity index (χ0n) is 10.4. The van der Waals surface area contributed by atoms with Crippen molar-refractivity contribution in [3.63, 3.8) is 0 Å². The van der Waals surface area contributed by atoms with Crippen LogP contribution in [0.1, 0.15) is 28.4 Å². The first-order valence-corrected chi connectivity index (χ1v) is 6.74. The third-order valence-corrected chi connectivity index (χ3v) is 4.42. The summed E-state index contributed by atoms with van der Waals surface area (Å²) in [5.41, 5.74) is 0.932. The minimum Gasteiger partial charge on any atom is -0.481 e. The summed E-state index contributed by atoms with van der Waals surface area (Å²) in [6.07, 6.45) is 1.27. The lowest BCUT2D eigenvalue weighted by Crippen LogP contribution is -2.43. The Morgan fingerprint density at radius 2 is 2.06 bits per heavy atom. The fraction of sp³-hybridized carbons (Fsp3) is 0.583. The van der Waals surface area contributed by atoms with Gasteiger partial charge in [0.2, 0.25) is 5.91 Å². The number of aliphatic carboxylic acids is 1. The topological polar surface area (TPSA) is 79.3 Å². The van der Waals surface area contributed by atoms with E-state index in [1.807, 2.05) is 13.8 Å². The molecular weight excluding hydrogens is 252 g/mol. The average Bonchev–Trinajstić information content (AvgIpc) is 2.51. The molecule has 98 valence electrons. The first-order valence-electron chi connectivity index (χ1n) is 5.92. The van der Waals surface area contributed by atoms with Gasteiger partial charge in [0.25, 0.3) is 0 Å². The number of carboxylic acids is 1. The van der Waals surface area contributed by atoms with Crippen LogP contribution in [0.2, 0.25) is 0 Å². The summed E-state index contributed by atoms with van der Waals surface area (Å²) in [5, 5.41) is 12.7. The van der Waals surface area contributed by atoms with E-state index in [4.69, 9.17) is 5.11 Å². The van der Waals surface area contributed by atoms with E-state index in [2.05, 4.69) is 10.3 Å². The molecule has 6 heteroatoms. The molecule has 2 atom stereocenters. The van der Waals surface area contributed by atoms with Crippen LogP contribution in [0.5, 0.6) is 0 Å². The van der Waals surface area contributed by atoms with E-state index in [9.17, 15) is 9.59 Å². The number of carbonyl (C=O) groups excluding carboxylic acids is 1. The SMILES string of the molecule is Cc1nc(C)c(CNC(=O)C2CCC2C(=O)O)s1. The normalized spacial score (nSPS) is 22.3. The summed E-state index contributed by atoms with van der Waals surface area (Å²) < 4.78 is 0. The maximum Gasteiger partial charge on any atom is 0.307 e. The quantitative estimate of drug-likeness (QED) is 0.867. The largest absolute Gasteiger partial charge is 0.481 e. The number of amides is 1. The molecule has 0 aliphatic heterocycles. The second-order valence-electron chi connectivity index (χ2n) is 4.59. The van der Waals surface area contributed by atoms with Crippen LogP contribution in [0.15, 0.2) is 0 Å². The number of aryl methyl sites for hydroxylation is 2. The predicted octanol–water partition coefficient (Wildman–Crippen LogP) is 1.49. The molecule has 1 aromatic heterocycles. The average molecular weight is 268 g/mol. The summed E-state index contributed by atoms with van der Waals surface area (Å²) in [5.74, 6) is -1.89. The fourth-order valence-corrected chi connectivity index (χ4v) is 3.02. The van der Waals surface area contributed by atoms with Crippen molar-refractivity contribution in [1.29, 1.82) is 0 Å². The molecule has 2 rings (SSSR count). The Morgan fingerprint density at radius 1 is 1.39 bits per heavy atom. The zero-order chi connectivity index (χ0) is 13.3. The van der Waals surface area contributed by atoms with Crippen LogP contribution in [-0.2, 0) is 16.1 Å². The summed E-state index contributed by atoms with van der Waals surface area (Å²) in [7, 11) is 0. The zero-order valence-corrected chi connectivity index (χ0v) is 11.2. The number of carboxylic acid groups (broad SMARTS) is 1. The van der Waals surface area contributed by atoms with Gasteiger partial charge in [0, 0.05) is 4.88 Å². The van der Waals surface area contributed by atoms with Crippen LogP contribution < -0.4 is 5.32 Å². The molecule has 1 aromatic rings. The lowest BCUT2D eigenvalue weighted by atomic mass is 9.73. The Hall–Kier alpha value is -1.43. The first-order chi connectivity index (χ1) is 8.49. The Bertz CT molecular complexity index is 484. The van der Waals surface area contributed by atoms with Crippen LogP contribution in [0.4, 0.5) is 0 Å². The van der Waals surface area contributed by atoms with Crippen LogP contribution in [-0.4, -0.2) is 22.0 Å². The van der Waals surface area contributed by atoms with Crippen LogP contribution in [0.25, 0.3) is 0 Å². The predicted molar refractivity (Wildman–Crippen MR) is 67.3 cm³/mol. The molecule has 0 aromatic carbocycles. The van der Waals surface area contributed by atoms with E-state index in [-0.39, 0.29) is 11.8 Å². The second kappa shape index (κ2) is 5.06. The van der Waals surface area contributed by atoms with Crippen molar-refractivity contribution in [2.75, 3.05) is 0 Å². The van der Waals surface area contributed by atoms with Gasteiger partial charge in [-0.05, 0) is 26.7 Å². The second-order valence-corrected chi connectivity index (χ2v) is 5.88. The molecule has 0 saturated heterocycles. The van der Waals surface area contributed by atoms with E-state index >= 15 is 0 Å². The number of thiazole rings is 1. The molecule has 1 heterocycles. The smallest absolute Gasteiger partial charge is 0.307 e. The van der Waals surface area contributed by atoms with Crippen molar-refractivity contribution in [1.82, 2.24) is 10.3 Å². The van der Waals surface area contributed by atoms with Gasteiger partial charge in [-0.3, -0.25) is 9.59 Å². The van der Waals surface area contributed by atoms with E-state index in [1.165, 1.54) is 0 Å². The van der Waals surface area contributed by atoms with E-state index < -0.39 is 11.9 Å². The molecular formula is C12H16N2O3S. The molecule has 1 amide bonds. The molecule has 2 unspecified atom stereocenters. The lowest BCUT2D eigenvalue weighted by Gasteiger charge is -2.31. The summed E-state index contributed by atoms with van der Waals surface area (Å²) >= 11 is 1.56. The Morgan fingerprint density at radius 3 is 2.50 bits per heavy atom. The van der Waals surface area contributed by atoms with Crippen LogP contribution in [0.3, 0.4) is 0 Å². The number of aromatic nitrogens is 1. The molecule has 1 aliphatic rings. The fourth-order valence-electron chi connectivity index (χ4n) is 2.15. The molecule has 0 radical (unpaired) electrons. The molecule has 1 fully saturated rings. The summed E-state index contributed by atoms with van der Waals surface area (Å²) in [4.78, 5) is 28.0. The van der Waals surface area contributed by atoms with Crippen LogP contribution in [0, 0.1) is 25.7 Å². The van der Waals surface area contributed by atoms with Gasteiger partial charge in [0.1, 0.15) is 0 Å². The molecule has 2 N–H and O–H groups in total. The molecule has 0 bridgehead atoms. The molecule has 0 spiro atoms. The minimum atomic E-state index is -0.869. The van der Waals surface area contributed by atoms with E-state index in [0.717, 1.165) is 15.6 Å². The Labute approximate surface area is 109 Å². The summed E-state index contributed by atoms with van der Waals surface area (Å²) in [6.45, 7) is 4.28. The van der Waals surface area contributed by atoms with Gasteiger partial charge in [0.15, 0.2) is 0 Å². The number of nitrogens with one attached hydrogen (secondary N) is 1. The number of hydrogen-bond donors (Lipinski definition) is 2. The van der Waals surface area contributed by atoms with Gasteiger partial charge in [-0.25, -0.2) is 4.98 Å². The highest BCUT2D eigenvalue weighted by atomic mass is 32.1. The molecule has 5 nitrogen and oxygen atoms in total. The molecule has 18 heavy (non-hydrogen) atoms. The Kier molecular flexibility index (Phi) is 3.65. The number of rotatable bonds is 4. The third kappa shape index (κ3) is 2.53. The van der Waals surface area contributed by atoms with Gasteiger partial charge in [-0.15, -0.1) is 11.3 Å².